The van der Waals surface area contributed by atoms with E-state index in [2.05, 4.69) is 17.0 Å². The van der Waals surface area contributed by atoms with E-state index in [-0.39, 0.29) is 5.91 Å². The normalized spacial score (nSPS) is 15.2. The molecule has 1 saturated heterocycles. The first-order valence-corrected chi connectivity index (χ1v) is 9.76. The van der Waals surface area contributed by atoms with Crippen molar-refractivity contribution >= 4 is 28.5 Å². The van der Waals surface area contributed by atoms with Crippen molar-refractivity contribution in [1.82, 2.24) is 9.80 Å². The van der Waals surface area contributed by atoms with Crippen LogP contribution in [0, 0.1) is 6.92 Å². The zero-order valence-corrected chi connectivity index (χ0v) is 16.8. The van der Waals surface area contributed by atoms with Gasteiger partial charge in [0.2, 0.25) is 0 Å². The third-order valence-electron chi connectivity index (χ3n) is 5.32. The van der Waals surface area contributed by atoms with E-state index in [0.717, 1.165) is 36.3 Å². The van der Waals surface area contributed by atoms with Crippen molar-refractivity contribution < 1.29 is 13.9 Å². The molecule has 1 aliphatic rings. The van der Waals surface area contributed by atoms with Crippen molar-refractivity contribution in [2.24, 2.45) is 0 Å². The zero-order chi connectivity index (χ0) is 19.7. The summed E-state index contributed by atoms with van der Waals surface area (Å²) in [4.78, 5) is 17.2. The number of carbonyl (C=O) groups is 1. The van der Waals surface area contributed by atoms with Gasteiger partial charge in [-0.05, 0) is 42.8 Å². The molecule has 0 unspecified atom stereocenters. The van der Waals surface area contributed by atoms with Crippen LogP contribution in [0.2, 0.25) is 5.02 Å². The van der Waals surface area contributed by atoms with Crippen LogP contribution in [-0.4, -0.2) is 49.0 Å². The molecule has 0 atom stereocenters. The summed E-state index contributed by atoms with van der Waals surface area (Å²) < 4.78 is 11.0. The average Bonchev–Trinajstić information content (AvgIpc) is 3.04. The van der Waals surface area contributed by atoms with Gasteiger partial charge in [0.1, 0.15) is 11.3 Å². The highest BCUT2D eigenvalue weighted by atomic mass is 35.5. The van der Waals surface area contributed by atoms with Crippen molar-refractivity contribution in [2.75, 3.05) is 33.3 Å². The molecule has 0 spiro atoms. The van der Waals surface area contributed by atoms with Crippen LogP contribution in [0.1, 0.15) is 21.7 Å². The van der Waals surface area contributed by atoms with Crippen LogP contribution >= 0.6 is 11.6 Å². The highest BCUT2D eigenvalue weighted by Gasteiger charge is 2.26. The lowest BCUT2D eigenvalue weighted by Gasteiger charge is -2.34. The Labute approximate surface area is 169 Å². The van der Waals surface area contributed by atoms with Crippen LogP contribution in [0.5, 0.6) is 5.75 Å². The van der Waals surface area contributed by atoms with Crippen LogP contribution in [0.3, 0.4) is 0 Å². The molecule has 4 rings (SSSR count). The lowest BCUT2D eigenvalue weighted by molar-refractivity contribution is 0.0599. The number of rotatable bonds is 4. The van der Waals surface area contributed by atoms with Gasteiger partial charge in [-0.2, -0.15) is 0 Å². The van der Waals surface area contributed by atoms with E-state index in [9.17, 15) is 4.79 Å². The van der Waals surface area contributed by atoms with Gasteiger partial charge < -0.3 is 14.1 Å². The number of fused-ring (bicyclic) bond motifs is 1. The van der Waals surface area contributed by atoms with Crippen LogP contribution < -0.4 is 4.74 Å². The number of benzene rings is 2. The molecule has 0 saturated carbocycles. The number of hydrogen-bond donors (Lipinski definition) is 0. The smallest absolute Gasteiger partial charge is 0.289 e. The second-order valence-corrected chi connectivity index (χ2v) is 7.55. The predicted molar refractivity (Wildman–Crippen MR) is 110 cm³/mol. The van der Waals surface area contributed by atoms with E-state index in [1.54, 1.807) is 13.2 Å². The number of piperazine rings is 1. The monoisotopic (exact) mass is 398 g/mol. The largest absolute Gasteiger partial charge is 0.497 e. The van der Waals surface area contributed by atoms with Gasteiger partial charge in [-0.1, -0.05) is 23.7 Å². The maximum absolute atomic E-state index is 13.0. The van der Waals surface area contributed by atoms with Gasteiger partial charge in [-0.25, -0.2) is 0 Å². The lowest BCUT2D eigenvalue weighted by atomic mass is 10.1. The van der Waals surface area contributed by atoms with Crippen molar-refractivity contribution in [2.45, 2.75) is 13.5 Å². The zero-order valence-electron chi connectivity index (χ0n) is 16.1. The number of carbonyl (C=O) groups excluding carboxylic acids is 1. The summed E-state index contributed by atoms with van der Waals surface area (Å²) in [6.07, 6.45) is 0. The number of furan rings is 1. The average molecular weight is 399 g/mol. The SMILES string of the molecule is COc1ccc(CN2CCN(C(=O)c3oc4ccc(Cl)cc4c3C)CC2)cc1. The second kappa shape index (κ2) is 7.86. The first kappa shape index (κ1) is 18.8. The summed E-state index contributed by atoms with van der Waals surface area (Å²) in [5.74, 6) is 1.23. The number of methoxy groups -OCH3 is 1. The third kappa shape index (κ3) is 3.73. The molecule has 0 N–H and O–H groups in total. The Morgan fingerprint density at radius 3 is 2.50 bits per heavy atom. The Balaban J connectivity index is 1.40. The molecule has 0 radical (unpaired) electrons. The Morgan fingerprint density at radius 2 is 1.82 bits per heavy atom. The van der Waals surface area contributed by atoms with E-state index < -0.39 is 0 Å². The van der Waals surface area contributed by atoms with Gasteiger partial charge >= 0.3 is 0 Å². The van der Waals surface area contributed by atoms with Gasteiger partial charge in [0.25, 0.3) is 5.91 Å². The topological polar surface area (TPSA) is 45.9 Å². The molecule has 2 heterocycles. The van der Waals surface area contributed by atoms with Crippen molar-refractivity contribution in [1.29, 1.82) is 0 Å². The first-order valence-electron chi connectivity index (χ1n) is 9.38. The van der Waals surface area contributed by atoms with Crippen LogP contribution in [0.15, 0.2) is 46.9 Å². The molecular weight excluding hydrogens is 376 g/mol. The lowest BCUT2D eigenvalue weighted by Crippen LogP contribution is -2.48. The van der Waals surface area contributed by atoms with E-state index in [0.29, 0.717) is 29.5 Å². The van der Waals surface area contributed by atoms with Gasteiger partial charge in [0, 0.05) is 48.7 Å². The summed E-state index contributed by atoms with van der Waals surface area (Å²) in [6.45, 7) is 5.83. The minimum absolute atomic E-state index is 0.0473. The predicted octanol–water partition coefficient (Wildman–Crippen LogP) is 4.36. The third-order valence-corrected chi connectivity index (χ3v) is 5.55. The minimum atomic E-state index is -0.0473. The fraction of sp³-hybridized carbons (Fsp3) is 0.318. The van der Waals surface area contributed by atoms with Gasteiger partial charge in [-0.15, -0.1) is 0 Å². The van der Waals surface area contributed by atoms with E-state index in [1.165, 1.54) is 5.56 Å². The molecule has 3 aromatic rings. The number of hydrogen-bond acceptors (Lipinski definition) is 4. The summed E-state index contributed by atoms with van der Waals surface area (Å²) in [5.41, 5.74) is 2.79. The Morgan fingerprint density at radius 1 is 1.11 bits per heavy atom. The number of aryl methyl sites for hydroxylation is 1. The highest BCUT2D eigenvalue weighted by molar-refractivity contribution is 6.31. The molecule has 1 amide bonds. The minimum Gasteiger partial charge on any atom is -0.497 e. The van der Waals surface area contributed by atoms with E-state index in [1.807, 2.05) is 36.1 Å². The maximum Gasteiger partial charge on any atom is 0.289 e. The number of nitrogens with zero attached hydrogens (tertiary/aromatic N) is 2. The van der Waals surface area contributed by atoms with Crippen LogP contribution in [0.4, 0.5) is 0 Å². The summed E-state index contributed by atoms with van der Waals surface area (Å²) in [5, 5.41) is 1.54. The molecule has 0 bridgehead atoms. The van der Waals surface area contributed by atoms with Gasteiger partial charge in [-0.3, -0.25) is 9.69 Å². The summed E-state index contributed by atoms with van der Waals surface area (Å²) >= 11 is 6.08. The van der Waals surface area contributed by atoms with Crippen molar-refractivity contribution in [3.05, 3.63) is 64.4 Å². The molecule has 146 valence electrons. The van der Waals surface area contributed by atoms with Gasteiger partial charge in [0.15, 0.2) is 5.76 Å². The molecule has 1 fully saturated rings. The number of halogens is 1. The fourth-order valence-corrected chi connectivity index (χ4v) is 3.81. The van der Waals surface area contributed by atoms with Crippen LogP contribution in [0.25, 0.3) is 11.0 Å². The molecule has 1 aromatic heterocycles. The summed E-state index contributed by atoms with van der Waals surface area (Å²) in [7, 11) is 1.67. The molecular formula is C22H23ClN2O3. The Bertz CT molecular complexity index is 989. The molecule has 5 nitrogen and oxygen atoms in total. The highest BCUT2D eigenvalue weighted by Crippen LogP contribution is 2.29. The van der Waals surface area contributed by atoms with E-state index in [4.69, 9.17) is 20.8 Å². The first-order chi connectivity index (χ1) is 13.5. The Kier molecular flexibility index (Phi) is 5.29. The summed E-state index contributed by atoms with van der Waals surface area (Å²) in [6, 6.07) is 13.6. The Hall–Kier alpha value is -2.50. The van der Waals surface area contributed by atoms with E-state index >= 15 is 0 Å². The molecule has 1 aliphatic heterocycles. The number of ether oxygens (including phenoxy) is 1. The second-order valence-electron chi connectivity index (χ2n) is 7.11. The van der Waals surface area contributed by atoms with Crippen LogP contribution in [-0.2, 0) is 6.54 Å². The molecule has 2 aromatic carbocycles. The molecule has 0 aliphatic carbocycles. The number of amides is 1. The van der Waals surface area contributed by atoms with Crippen molar-refractivity contribution in [3.8, 4) is 5.75 Å². The molecule has 6 heteroatoms. The quantitative estimate of drug-likeness (QED) is 0.655. The molecule has 28 heavy (non-hydrogen) atoms. The fourth-order valence-electron chi connectivity index (χ4n) is 3.64. The standard InChI is InChI=1S/C22H23ClN2O3/c1-15-19-13-17(23)5-8-20(19)28-21(15)22(26)25-11-9-24(10-12-25)14-16-3-6-18(27-2)7-4-16/h3-8,13H,9-12,14H2,1-2H3. The van der Waals surface area contributed by atoms with Gasteiger partial charge in [0.05, 0.1) is 7.11 Å². The maximum atomic E-state index is 13.0. The van der Waals surface area contributed by atoms with Crippen molar-refractivity contribution in [3.63, 3.8) is 0 Å².